The Morgan fingerprint density at radius 2 is 2.31 bits per heavy atom. The molecule has 13 heavy (non-hydrogen) atoms. The standard InChI is InChI=1S/C9H14O4/c1-8(11)13-7-5-9(12)4-2-3-6-10/h2-3,6,9,12H,4-5,7H2,1H3. The summed E-state index contributed by atoms with van der Waals surface area (Å²) in [6.07, 6.45) is 3.79. The highest BCUT2D eigenvalue weighted by Gasteiger charge is 2.02. The van der Waals surface area contributed by atoms with Crippen LogP contribution in [0.2, 0.25) is 0 Å². The topological polar surface area (TPSA) is 63.6 Å². The van der Waals surface area contributed by atoms with Crippen molar-refractivity contribution in [3.8, 4) is 0 Å². The fourth-order valence-corrected chi connectivity index (χ4v) is 0.748. The lowest BCUT2D eigenvalue weighted by Crippen LogP contribution is -2.11. The molecule has 1 N–H and O–H groups in total. The maximum atomic E-state index is 10.3. The smallest absolute Gasteiger partial charge is 0.302 e. The Morgan fingerprint density at radius 3 is 2.85 bits per heavy atom. The molecule has 0 rings (SSSR count). The van der Waals surface area contributed by atoms with Gasteiger partial charge in [0.25, 0.3) is 0 Å². The Hall–Kier alpha value is -1.16. The van der Waals surface area contributed by atoms with Crippen molar-refractivity contribution in [2.75, 3.05) is 6.61 Å². The second-order valence-electron chi connectivity index (χ2n) is 2.58. The average Bonchev–Trinajstić information content (AvgIpc) is 2.04. The number of hydrogen-bond donors (Lipinski definition) is 1. The molecule has 0 radical (unpaired) electrons. The highest BCUT2D eigenvalue weighted by Crippen LogP contribution is 1.99. The Morgan fingerprint density at radius 1 is 1.62 bits per heavy atom. The first-order chi connectivity index (χ1) is 6.16. The second-order valence-corrected chi connectivity index (χ2v) is 2.58. The molecule has 0 aliphatic carbocycles. The summed E-state index contributed by atoms with van der Waals surface area (Å²) in [4.78, 5) is 20.2. The van der Waals surface area contributed by atoms with Gasteiger partial charge in [0.15, 0.2) is 0 Å². The van der Waals surface area contributed by atoms with Crippen molar-refractivity contribution < 1.29 is 19.4 Å². The number of aliphatic hydroxyl groups is 1. The molecular formula is C9H14O4. The minimum atomic E-state index is -0.560. The summed E-state index contributed by atoms with van der Waals surface area (Å²) in [5.41, 5.74) is 0. The van der Waals surface area contributed by atoms with E-state index in [2.05, 4.69) is 4.74 Å². The SMILES string of the molecule is CC(=O)OCCC(O)CC=CC=O. The van der Waals surface area contributed by atoms with Gasteiger partial charge >= 0.3 is 5.97 Å². The first kappa shape index (κ1) is 11.8. The van der Waals surface area contributed by atoms with E-state index in [0.717, 1.165) is 0 Å². The Kier molecular flexibility index (Phi) is 6.82. The van der Waals surface area contributed by atoms with Crippen LogP contribution in [0, 0.1) is 0 Å². The Bertz CT molecular complexity index is 186. The van der Waals surface area contributed by atoms with Gasteiger partial charge in [0, 0.05) is 13.3 Å². The zero-order valence-electron chi connectivity index (χ0n) is 7.60. The van der Waals surface area contributed by atoms with Crippen LogP contribution in [0.25, 0.3) is 0 Å². The third kappa shape index (κ3) is 8.75. The lowest BCUT2D eigenvalue weighted by Gasteiger charge is -2.06. The summed E-state index contributed by atoms with van der Waals surface area (Å²) in [7, 11) is 0. The van der Waals surface area contributed by atoms with Gasteiger partial charge in [-0.2, -0.15) is 0 Å². The van der Waals surface area contributed by atoms with E-state index in [1.165, 1.54) is 13.0 Å². The van der Waals surface area contributed by atoms with Gasteiger partial charge in [0.1, 0.15) is 6.29 Å². The molecular weight excluding hydrogens is 172 g/mol. The molecule has 1 atom stereocenters. The molecule has 0 fully saturated rings. The van der Waals surface area contributed by atoms with Gasteiger partial charge in [0.2, 0.25) is 0 Å². The highest BCUT2D eigenvalue weighted by atomic mass is 16.5. The summed E-state index contributed by atoms with van der Waals surface area (Å²) >= 11 is 0. The molecule has 74 valence electrons. The molecule has 0 saturated carbocycles. The maximum Gasteiger partial charge on any atom is 0.302 e. The molecule has 0 saturated heterocycles. The molecule has 0 aromatic carbocycles. The van der Waals surface area contributed by atoms with E-state index in [0.29, 0.717) is 19.1 Å². The van der Waals surface area contributed by atoms with Crippen molar-refractivity contribution in [3.63, 3.8) is 0 Å². The summed E-state index contributed by atoms with van der Waals surface area (Å²) < 4.78 is 4.63. The van der Waals surface area contributed by atoms with Gasteiger partial charge in [0.05, 0.1) is 12.7 Å². The molecule has 0 heterocycles. The normalized spacial score (nSPS) is 12.8. The summed E-state index contributed by atoms with van der Waals surface area (Å²) in [5.74, 6) is -0.351. The second kappa shape index (κ2) is 7.49. The van der Waals surface area contributed by atoms with Crippen LogP contribution in [0.3, 0.4) is 0 Å². The van der Waals surface area contributed by atoms with Crippen LogP contribution >= 0.6 is 0 Å². The number of ether oxygens (including phenoxy) is 1. The molecule has 4 nitrogen and oxygen atoms in total. The van der Waals surface area contributed by atoms with Crippen LogP contribution in [0.5, 0.6) is 0 Å². The molecule has 0 spiro atoms. The fraction of sp³-hybridized carbons (Fsp3) is 0.556. The molecule has 0 aromatic rings. The van der Waals surface area contributed by atoms with Gasteiger partial charge in [-0.1, -0.05) is 6.08 Å². The molecule has 0 amide bonds. The lowest BCUT2D eigenvalue weighted by molar-refractivity contribution is -0.141. The first-order valence-electron chi connectivity index (χ1n) is 4.08. The number of allylic oxidation sites excluding steroid dienone is 1. The van der Waals surface area contributed by atoms with E-state index in [1.54, 1.807) is 6.08 Å². The third-order valence-corrected chi connectivity index (χ3v) is 1.38. The van der Waals surface area contributed by atoms with Crippen molar-refractivity contribution in [2.24, 2.45) is 0 Å². The molecule has 0 aromatic heterocycles. The largest absolute Gasteiger partial charge is 0.466 e. The zero-order valence-corrected chi connectivity index (χ0v) is 7.60. The van der Waals surface area contributed by atoms with Gasteiger partial charge in [-0.05, 0) is 12.5 Å². The number of aliphatic hydroxyl groups excluding tert-OH is 1. The van der Waals surface area contributed by atoms with E-state index in [1.807, 2.05) is 0 Å². The molecule has 0 aliphatic rings. The van der Waals surface area contributed by atoms with Gasteiger partial charge in [-0.15, -0.1) is 0 Å². The van der Waals surface area contributed by atoms with Gasteiger partial charge in [-0.3, -0.25) is 9.59 Å². The van der Waals surface area contributed by atoms with E-state index in [9.17, 15) is 14.7 Å². The van der Waals surface area contributed by atoms with Crippen LogP contribution in [0.15, 0.2) is 12.2 Å². The molecule has 0 bridgehead atoms. The van der Waals surface area contributed by atoms with Crippen LogP contribution in [-0.2, 0) is 14.3 Å². The van der Waals surface area contributed by atoms with Crippen LogP contribution in [0.1, 0.15) is 19.8 Å². The third-order valence-electron chi connectivity index (χ3n) is 1.38. The molecule has 4 heteroatoms. The van der Waals surface area contributed by atoms with Gasteiger partial charge < -0.3 is 9.84 Å². The summed E-state index contributed by atoms with van der Waals surface area (Å²) in [6, 6.07) is 0. The van der Waals surface area contributed by atoms with E-state index in [4.69, 9.17) is 0 Å². The Balaban J connectivity index is 3.39. The maximum absolute atomic E-state index is 10.3. The van der Waals surface area contributed by atoms with E-state index >= 15 is 0 Å². The fourth-order valence-electron chi connectivity index (χ4n) is 0.748. The quantitative estimate of drug-likeness (QED) is 0.371. The number of carbonyl (C=O) groups excluding carboxylic acids is 2. The average molecular weight is 186 g/mol. The molecule has 0 aliphatic heterocycles. The minimum absolute atomic E-state index is 0.214. The predicted octanol–water partition coefficient (Wildman–Crippen LogP) is 0.446. The van der Waals surface area contributed by atoms with E-state index < -0.39 is 6.10 Å². The number of carbonyl (C=O) groups is 2. The predicted molar refractivity (Wildman–Crippen MR) is 47.1 cm³/mol. The first-order valence-corrected chi connectivity index (χ1v) is 4.08. The number of aldehydes is 1. The van der Waals surface area contributed by atoms with Crippen molar-refractivity contribution in [3.05, 3.63) is 12.2 Å². The van der Waals surface area contributed by atoms with Crippen molar-refractivity contribution in [1.29, 1.82) is 0 Å². The van der Waals surface area contributed by atoms with Crippen molar-refractivity contribution in [2.45, 2.75) is 25.9 Å². The number of hydrogen-bond acceptors (Lipinski definition) is 4. The van der Waals surface area contributed by atoms with Crippen LogP contribution < -0.4 is 0 Å². The van der Waals surface area contributed by atoms with E-state index in [-0.39, 0.29) is 12.6 Å². The lowest BCUT2D eigenvalue weighted by atomic mass is 10.2. The zero-order chi connectivity index (χ0) is 10.1. The summed E-state index contributed by atoms with van der Waals surface area (Å²) in [5, 5.41) is 9.23. The highest BCUT2D eigenvalue weighted by molar-refractivity contribution is 5.65. The number of esters is 1. The monoisotopic (exact) mass is 186 g/mol. The minimum Gasteiger partial charge on any atom is -0.466 e. The van der Waals surface area contributed by atoms with Crippen LogP contribution in [-0.4, -0.2) is 30.1 Å². The van der Waals surface area contributed by atoms with Crippen LogP contribution in [0.4, 0.5) is 0 Å². The van der Waals surface area contributed by atoms with Crippen molar-refractivity contribution >= 4 is 12.3 Å². The summed E-state index contributed by atoms with van der Waals surface area (Å²) in [6.45, 7) is 1.53. The molecule has 1 unspecified atom stereocenters. The van der Waals surface area contributed by atoms with Crippen molar-refractivity contribution in [1.82, 2.24) is 0 Å². The Labute approximate surface area is 77.2 Å². The van der Waals surface area contributed by atoms with Gasteiger partial charge in [-0.25, -0.2) is 0 Å². The number of rotatable bonds is 6.